The van der Waals surface area contributed by atoms with Gasteiger partial charge in [0.05, 0.1) is 17.4 Å². The third-order valence-corrected chi connectivity index (χ3v) is 5.35. The first-order valence-electron chi connectivity index (χ1n) is 6.65. The molecule has 2 rings (SSSR count). The largest absolute Gasteiger partial charge is 0.480 e. The van der Waals surface area contributed by atoms with Crippen LogP contribution >= 0.6 is 0 Å². The van der Waals surface area contributed by atoms with E-state index in [2.05, 4.69) is 0 Å². The standard InChI is InChI=1S/C14H16N2O4S/c15-9-11-4-3-5-12(8-11)10-21(19,20)16-7-2-1-6-13(16)14(17)18/h3-5,8,13H,1-2,6-7,10H2,(H,17,18)/t13-/m0/s1. The fourth-order valence-electron chi connectivity index (χ4n) is 2.51. The molecular formula is C14H16N2O4S. The molecule has 1 fully saturated rings. The molecule has 1 N–H and O–H groups in total. The van der Waals surface area contributed by atoms with Crippen molar-refractivity contribution in [2.24, 2.45) is 0 Å². The quantitative estimate of drug-likeness (QED) is 0.904. The average molecular weight is 308 g/mol. The maximum Gasteiger partial charge on any atom is 0.322 e. The molecule has 1 aliphatic heterocycles. The summed E-state index contributed by atoms with van der Waals surface area (Å²) < 4.78 is 26.0. The molecule has 7 heteroatoms. The van der Waals surface area contributed by atoms with Crippen LogP contribution in [-0.2, 0) is 20.6 Å². The van der Waals surface area contributed by atoms with Crippen molar-refractivity contribution in [2.75, 3.05) is 6.54 Å². The Kier molecular flexibility index (Phi) is 4.60. The Hall–Kier alpha value is -1.91. The molecule has 1 atom stereocenters. The summed E-state index contributed by atoms with van der Waals surface area (Å²) in [7, 11) is -3.71. The highest BCUT2D eigenvalue weighted by molar-refractivity contribution is 7.88. The van der Waals surface area contributed by atoms with E-state index in [-0.39, 0.29) is 12.3 Å². The molecule has 1 aromatic rings. The van der Waals surface area contributed by atoms with E-state index in [1.807, 2.05) is 6.07 Å². The molecule has 0 aliphatic carbocycles. The summed E-state index contributed by atoms with van der Waals surface area (Å²) in [6, 6.07) is 7.32. The minimum absolute atomic E-state index is 0.233. The summed E-state index contributed by atoms with van der Waals surface area (Å²) in [6.07, 6.45) is 1.72. The van der Waals surface area contributed by atoms with Crippen LogP contribution < -0.4 is 0 Å². The number of hydrogen-bond acceptors (Lipinski definition) is 4. The van der Waals surface area contributed by atoms with E-state index in [1.54, 1.807) is 18.2 Å². The number of piperidine rings is 1. The number of rotatable bonds is 4. The van der Waals surface area contributed by atoms with Gasteiger partial charge in [-0.15, -0.1) is 0 Å². The van der Waals surface area contributed by atoms with Gasteiger partial charge in [0.25, 0.3) is 0 Å². The Morgan fingerprint density at radius 2 is 2.19 bits per heavy atom. The molecule has 0 amide bonds. The van der Waals surface area contributed by atoms with Gasteiger partial charge in [-0.3, -0.25) is 4.79 Å². The topological polar surface area (TPSA) is 98.5 Å². The first kappa shape index (κ1) is 15.5. The second-order valence-corrected chi connectivity index (χ2v) is 6.95. The minimum atomic E-state index is -3.71. The summed E-state index contributed by atoms with van der Waals surface area (Å²) in [5, 5.41) is 18.0. The Morgan fingerprint density at radius 1 is 1.43 bits per heavy atom. The van der Waals surface area contributed by atoms with Crippen LogP contribution in [0, 0.1) is 11.3 Å². The van der Waals surface area contributed by atoms with Gasteiger partial charge in [-0.05, 0) is 37.0 Å². The molecule has 1 heterocycles. The summed E-state index contributed by atoms with van der Waals surface area (Å²) in [5.41, 5.74) is 0.875. The molecule has 0 unspecified atom stereocenters. The van der Waals surface area contributed by atoms with Gasteiger partial charge < -0.3 is 5.11 Å². The van der Waals surface area contributed by atoms with Gasteiger partial charge in [-0.1, -0.05) is 12.1 Å². The van der Waals surface area contributed by atoms with Crippen LogP contribution in [0.1, 0.15) is 30.4 Å². The molecule has 0 aromatic heterocycles. The minimum Gasteiger partial charge on any atom is -0.480 e. The van der Waals surface area contributed by atoms with Gasteiger partial charge in [0.1, 0.15) is 6.04 Å². The number of benzene rings is 1. The third kappa shape index (κ3) is 3.60. The van der Waals surface area contributed by atoms with Crippen molar-refractivity contribution >= 4 is 16.0 Å². The Bertz CT molecular complexity index is 678. The number of carboxylic acids is 1. The average Bonchev–Trinajstić information content (AvgIpc) is 2.47. The van der Waals surface area contributed by atoms with Gasteiger partial charge in [-0.25, -0.2) is 8.42 Å². The lowest BCUT2D eigenvalue weighted by atomic mass is 10.1. The fraction of sp³-hybridized carbons (Fsp3) is 0.429. The second kappa shape index (κ2) is 6.24. The molecule has 0 radical (unpaired) electrons. The van der Waals surface area contributed by atoms with E-state index in [4.69, 9.17) is 5.26 Å². The third-order valence-electron chi connectivity index (χ3n) is 3.50. The number of carbonyl (C=O) groups is 1. The lowest BCUT2D eigenvalue weighted by molar-refractivity contribution is -0.142. The van der Waals surface area contributed by atoms with Gasteiger partial charge in [-0.2, -0.15) is 9.57 Å². The van der Waals surface area contributed by atoms with Crippen molar-refractivity contribution in [3.05, 3.63) is 35.4 Å². The molecule has 0 bridgehead atoms. The first-order valence-corrected chi connectivity index (χ1v) is 8.26. The Morgan fingerprint density at radius 3 is 2.86 bits per heavy atom. The molecule has 0 spiro atoms. The van der Waals surface area contributed by atoms with Crippen LogP contribution in [-0.4, -0.2) is 36.4 Å². The van der Waals surface area contributed by atoms with E-state index < -0.39 is 22.0 Å². The van der Waals surface area contributed by atoms with E-state index in [0.717, 1.165) is 4.31 Å². The second-order valence-electron chi connectivity index (χ2n) is 5.03. The Labute approximate surface area is 123 Å². The van der Waals surface area contributed by atoms with Gasteiger partial charge >= 0.3 is 5.97 Å². The molecule has 21 heavy (non-hydrogen) atoms. The van der Waals surface area contributed by atoms with Crippen molar-refractivity contribution in [2.45, 2.75) is 31.1 Å². The van der Waals surface area contributed by atoms with E-state index in [1.165, 1.54) is 6.07 Å². The number of sulfonamides is 1. The van der Waals surface area contributed by atoms with E-state index in [9.17, 15) is 18.3 Å². The number of carboxylic acid groups (broad SMARTS) is 1. The number of aliphatic carboxylic acids is 1. The lowest BCUT2D eigenvalue weighted by Crippen LogP contribution is -2.48. The predicted octanol–water partition coefficient (Wildman–Crippen LogP) is 1.33. The first-order chi connectivity index (χ1) is 9.94. The smallest absolute Gasteiger partial charge is 0.322 e. The fourth-order valence-corrected chi connectivity index (χ4v) is 4.27. The van der Waals surface area contributed by atoms with E-state index in [0.29, 0.717) is 30.4 Å². The molecule has 0 saturated carbocycles. The summed E-state index contributed by atoms with van der Waals surface area (Å²) in [4.78, 5) is 11.2. The van der Waals surface area contributed by atoms with Crippen molar-refractivity contribution in [3.63, 3.8) is 0 Å². The van der Waals surface area contributed by atoms with Crippen molar-refractivity contribution in [1.82, 2.24) is 4.31 Å². The zero-order chi connectivity index (χ0) is 15.5. The van der Waals surface area contributed by atoms with E-state index >= 15 is 0 Å². The highest BCUT2D eigenvalue weighted by Gasteiger charge is 2.36. The summed E-state index contributed by atoms with van der Waals surface area (Å²) >= 11 is 0. The number of nitrogens with zero attached hydrogens (tertiary/aromatic N) is 2. The molecule has 6 nitrogen and oxygen atoms in total. The lowest BCUT2D eigenvalue weighted by Gasteiger charge is -2.31. The predicted molar refractivity (Wildman–Crippen MR) is 75.8 cm³/mol. The molecule has 112 valence electrons. The van der Waals surface area contributed by atoms with Gasteiger partial charge in [0, 0.05) is 6.54 Å². The van der Waals surface area contributed by atoms with Crippen LogP contribution in [0.25, 0.3) is 0 Å². The number of nitriles is 1. The molecule has 1 aliphatic rings. The van der Waals surface area contributed by atoms with Crippen molar-refractivity contribution < 1.29 is 18.3 Å². The van der Waals surface area contributed by atoms with Gasteiger partial charge in [0.2, 0.25) is 10.0 Å². The zero-order valence-electron chi connectivity index (χ0n) is 11.4. The SMILES string of the molecule is N#Cc1cccc(CS(=O)(=O)N2CCCC[C@H]2C(=O)O)c1. The summed E-state index contributed by atoms with van der Waals surface area (Å²) in [5.74, 6) is -1.39. The van der Waals surface area contributed by atoms with Crippen LogP contribution in [0.4, 0.5) is 0 Å². The van der Waals surface area contributed by atoms with Crippen LogP contribution in [0.2, 0.25) is 0 Å². The van der Waals surface area contributed by atoms with Crippen molar-refractivity contribution in [3.8, 4) is 6.07 Å². The molecule has 1 aromatic carbocycles. The maximum absolute atomic E-state index is 12.4. The summed E-state index contributed by atoms with van der Waals surface area (Å²) in [6.45, 7) is 0.233. The van der Waals surface area contributed by atoms with Crippen LogP contribution in [0.3, 0.4) is 0 Å². The Balaban J connectivity index is 2.24. The normalized spacial score (nSPS) is 19.9. The highest BCUT2D eigenvalue weighted by atomic mass is 32.2. The molecule has 1 saturated heterocycles. The maximum atomic E-state index is 12.4. The van der Waals surface area contributed by atoms with Gasteiger partial charge in [0.15, 0.2) is 0 Å². The van der Waals surface area contributed by atoms with Crippen LogP contribution in [0.5, 0.6) is 0 Å². The number of hydrogen-bond donors (Lipinski definition) is 1. The highest BCUT2D eigenvalue weighted by Crippen LogP contribution is 2.23. The monoisotopic (exact) mass is 308 g/mol. The molecular weight excluding hydrogens is 292 g/mol. The van der Waals surface area contributed by atoms with Crippen molar-refractivity contribution in [1.29, 1.82) is 5.26 Å². The zero-order valence-corrected chi connectivity index (χ0v) is 12.2. The van der Waals surface area contributed by atoms with Crippen LogP contribution in [0.15, 0.2) is 24.3 Å².